The normalized spacial score (nSPS) is 11.6. The maximum atomic E-state index is 10.8. The highest BCUT2D eigenvalue weighted by Gasteiger charge is 2.20. The maximum absolute atomic E-state index is 10.8. The second-order valence-electron chi connectivity index (χ2n) is 5.07. The van der Waals surface area contributed by atoms with Gasteiger partial charge in [-0.2, -0.15) is 13.0 Å². The first-order chi connectivity index (χ1) is 10.4. The number of benzene rings is 1. The van der Waals surface area contributed by atoms with E-state index in [1.165, 1.54) is 0 Å². The monoisotopic (exact) mass is 339 g/mol. The third kappa shape index (κ3) is 3.79. The van der Waals surface area contributed by atoms with E-state index < -0.39 is 10.1 Å². The zero-order valence-corrected chi connectivity index (χ0v) is 13.3. The van der Waals surface area contributed by atoms with E-state index in [0.29, 0.717) is 18.9 Å². The second kappa shape index (κ2) is 6.53. The molecular formula is C15H17NO6S. The van der Waals surface area contributed by atoms with Crippen molar-refractivity contribution in [2.75, 3.05) is 5.75 Å². The van der Waals surface area contributed by atoms with Crippen molar-refractivity contribution in [1.29, 1.82) is 0 Å². The van der Waals surface area contributed by atoms with Gasteiger partial charge in [0.25, 0.3) is 15.6 Å². The molecule has 3 aromatic rings. The highest BCUT2D eigenvalue weighted by Crippen LogP contribution is 2.24. The van der Waals surface area contributed by atoms with Crippen molar-refractivity contribution >= 4 is 21.2 Å². The van der Waals surface area contributed by atoms with Crippen LogP contribution in [0.15, 0.2) is 45.4 Å². The molecule has 124 valence electrons. The van der Waals surface area contributed by atoms with Crippen LogP contribution in [0.25, 0.3) is 22.4 Å². The van der Waals surface area contributed by atoms with Crippen molar-refractivity contribution in [3.05, 3.63) is 42.5 Å². The maximum Gasteiger partial charge on any atom is 0.344 e. The molecule has 0 bridgehead atoms. The lowest BCUT2D eigenvalue weighted by molar-refractivity contribution is -0.682. The minimum absolute atomic E-state index is 0. The number of nitrogens with zero attached hydrogens (tertiary/aromatic N) is 1. The van der Waals surface area contributed by atoms with E-state index in [2.05, 4.69) is 0 Å². The van der Waals surface area contributed by atoms with E-state index in [-0.39, 0.29) is 11.2 Å². The molecule has 0 saturated heterocycles. The summed E-state index contributed by atoms with van der Waals surface area (Å²) in [7, 11) is -3.95. The fourth-order valence-electron chi connectivity index (χ4n) is 2.48. The summed E-state index contributed by atoms with van der Waals surface area (Å²) in [6.07, 6.45) is 1.92. The lowest BCUT2D eigenvalue weighted by atomic mass is 10.1. The van der Waals surface area contributed by atoms with Crippen molar-refractivity contribution in [3.63, 3.8) is 0 Å². The van der Waals surface area contributed by atoms with Crippen LogP contribution in [0.5, 0.6) is 0 Å². The number of oxazole rings is 1. The first-order valence-corrected chi connectivity index (χ1v) is 8.47. The standard InChI is InChI=1S/C15H15NO5S.H2O/c1-11-16(7-3-9-22(17,18)19)13-10-12(5-6-15(13)21-11)14-4-2-8-20-14;/h2,4-6,8,10H,3,7,9H2,1H3;1H2. The van der Waals surface area contributed by atoms with Gasteiger partial charge in [-0.3, -0.25) is 4.55 Å². The van der Waals surface area contributed by atoms with E-state index in [1.54, 1.807) is 6.26 Å². The van der Waals surface area contributed by atoms with Crippen LogP contribution in [-0.4, -0.2) is 24.2 Å². The Balaban J connectivity index is 0.00000192. The molecule has 2 heterocycles. The zero-order valence-electron chi connectivity index (χ0n) is 12.5. The summed E-state index contributed by atoms with van der Waals surface area (Å²) in [5.74, 6) is 1.16. The van der Waals surface area contributed by atoms with Crippen molar-refractivity contribution in [2.24, 2.45) is 0 Å². The summed E-state index contributed by atoms with van der Waals surface area (Å²) >= 11 is 0. The van der Waals surface area contributed by atoms with Crippen LogP contribution in [0.1, 0.15) is 12.3 Å². The molecule has 0 radical (unpaired) electrons. The van der Waals surface area contributed by atoms with Gasteiger partial charge in [-0.1, -0.05) is 0 Å². The SMILES string of the molecule is Cc1oc2ccc(-c3ccco3)cc2[n+]1CCCS(=O)(=O)O.[OH-]. The molecule has 0 aliphatic rings. The van der Waals surface area contributed by atoms with Gasteiger partial charge < -0.3 is 14.3 Å². The summed E-state index contributed by atoms with van der Waals surface area (Å²) < 4.78 is 43.4. The Hall–Kier alpha value is -2.16. The van der Waals surface area contributed by atoms with Crippen LogP contribution in [0.4, 0.5) is 0 Å². The molecule has 0 aliphatic heterocycles. The van der Waals surface area contributed by atoms with Gasteiger partial charge in [-0.25, -0.2) is 0 Å². The summed E-state index contributed by atoms with van der Waals surface area (Å²) in [6, 6.07) is 9.40. The number of fused-ring (bicyclic) bond motifs is 1. The lowest BCUT2D eigenvalue weighted by Crippen LogP contribution is -2.36. The number of aromatic nitrogens is 1. The number of furan rings is 1. The van der Waals surface area contributed by atoms with Gasteiger partial charge in [0.2, 0.25) is 5.58 Å². The van der Waals surface area contributed by atoms with Gasteiger partial charge in [0.05, 0.1) is 18.9 Å². The molecule has 0 fully saturated rings. The minimum atomic E-state index is -3.95. The zero-order chi connectivity index (χ0) is 15.7. The summed E-state index contributed by atoms with van der Waals surface area (Å²) in [5.41, 5.74) is 2.50. The Labute approximate surface area is 133 Å². The van der Waals surface area contributed by atoms with Gasteiger partial charge >= 0.3 is 5.89 Å². The fraction of sp³-hybridized carbons (Fsp3) is 0.267. The van der Waals surface area contributed by atoms with Gasteiger partial charge in [0.15, 0.2) is 6.54 Å². The number of hydrogen-bond donors (Lipinski definition) is 1. The molecule has 7 nitrogen and oxygen atoms in total. The molecule has 0 unspecified atom stereocenters. The van der Waals surface area contributed by atoms with E-state index in [0.717, 1.165) is 22.4 Å². The quantitative estimate of drug-likeness (QED) is 0.564. The summed E-state index contributed by atoms with van der Waals surface area (Å²) in [4.78, 5) is 0. The number of rotatable bonds is 5. The third-order valence-electron chi connectivity index (χ3n) is 3.48. The molecule has 3 rings (SSSR count). The van der Waals surface area contributed by atoms with E-state index >= 15 is 0 Å². The largest absolute Gasteiger partial charge is 0.870 e. The Kier molecular flexibility index (Phi) is 4.88. The van der Waals surface area contributed by atoms with Crippen LogP contribution < -0.4 is 4.57 Å². The predicted molar refractivity (Wildman–Crippen MR) is 81.8 cm³/mol. The van der Waals surface area contributed by atoms with Crippen molar-refractivity contribution in [2.45, 2.75) is 19.9 Å². The highest BCUT2D eigenvalue weighted by molar-refractivity contribution is 7.85. The first-order valence-electron chi connectivity index (χ1n) is 6.86. The molecule has 0 saturated carbocycles. The molecule has 2 N–H and O–H groups in total. The Morgan fingerprint density at radius 2 is 2.04 bits per heavy atom. The van der Waals surface area contributed by atoms with Crippen molar-refractivity contribution in [3.8, 4) is 11.3 Å². The molecule has 8 heteroatoms. The van der Waals surface area contributed by atoms with Crippen LogP contribution in [0.3, 0.4) is 0 Å². The topological polar surface area (TPSA) is 115 Å². The molecule has 2 aromatic heterocycles. The van der Waals surface area contributed by atoms with Gasteiger partial charge in [0, 0.05) is 18.1 Å². The lowest BCUT2D eigenvalue weighted by Gasteiger charge is -1.97. The van der Waals surface area contributed by atoms with Crippen LogP contribution in [-0.2, 0) is 16.7 Å². The smallest absolute Gasteiger partial charge is 0.344 e. The van der Waals surface area contributed by atoms with E-state index in [1.807, 2.05) is 41.8 Å². The van der Waals surface area contributed by atoms with E-state index in [9.17, 15) is 8.42 Å². The molecule has 0 spiro atoms. The average molecular weight is 339 g/mol. The van der Waals surface area contributed by atoms with Crippen molar-refractivity contribution < 1.29 is 31.8 Å². The fourth-order valence-corrected chi connectivity index (χ4v) is 2.97. The molecule has 1 aromatic carbocycles. The Bertz CT molecular complexity index is 896. The van der Waals surface area contributed by atoms with Crippen LogP contribution in [0, 0.1) is 6.92 Å². The molecule has 0 atom stereocenters. The van der Waals surface area contributed by atoms with E-state index in [4.69, 9.17) is 13.4 Å². The highest BCUT2D eigenvalue weighted by atomic mass is 32.2. The van der Waals surface area contributed by atoms with Gasteiger partial charge in [-0.05, 0) is 24.3 Å². The van der Waals surface area contributed by atoms with Gasteiger partial charge in [0.1, 0.15) is 5.76 Å². The Morgan fingerprint density at radius 1 is 1.26 bits per heavy atom. The Morgan fingerprint density at radius 3 is 2.70 bits per heavy atom. The molecule has 0 amide bonds. The molecule has 0 aliphatic carbocycles. The van der Waals surface area contributed by atoms with Crippen LogP contribution >= 0.6 is 0 Å². The summed E-state index contributed by atoms with van der Waals surface area (Å²) in [5, 5.41) is 0. The average Bonchev–Trinajstić information content (AvgIpc) is 3.06. The first kappa shape index (κ1) is 17.2. The third-order valence-corrected chi connectivity index (χ3v) is 4.28. The van der Waals surface area contributed by atoms with Crippen molar-refractivity contribution in [1.82, 2.24) is 0 Å². The minimum Gasteiger partial charge on any atom is -0.870 e. The number of hydrogen-bond acceptors (Lipinski definition) is 5. The predicted octanol–water partition coefficient (Wildman–Crippen LogP) is 2.39. The second-order valence-corrected chi connectivity index (χ2v) is 6.64. The van der Waals surface area contributed by atoms with Gasteiger partial charge in [-0.15, -0.1) is 0 Å². The molecule has 23 heavy (non-hydrogen) atoms. The van der Waals surface area contributed by atoms with Crippen LogP contribution in [0.2, 0.25) is 0 Å². The number of aryl methyl sites for hydroxylation is 2. The summed E-state index contributed by atoms with van der Waals surface area (Å²) in [6.45, 7) is 2.26. The molecular weight excluding hydrogens is 322 g/mol.